The number of benzene rings is 14. The van der Waals surface area contributed by atoms with Crippen molar-refractivity contribution in [1.29, 1.82) is 0 Å². The molecule has 0 aliphatic carbocycles. The van der Waals surface area contributed by atoms with Crippen LogP contribution in [0, 0.1) is 0 Å². The Balaban J connectivity index is 0.000000141. The van der Waals surface area contributed by atoms with Crippen LogP contribution in [-0.2, 0) is 0 Å². The molecule has 0 fully saturated rings. The Morgan fingerprint density at radius 2 is 0.554 bits per heavy atom. The molecular formula is C100H62N10O2. The van der Waals surface area contributed by atoms with E-state index in [9.17, 15) is 0 Å². The quantitative estimate of drug-likeness (QED) is 0.116. The number of hydrogen-bond acceptors (Lipinski definition) is 10. The van der Waals surface area contributed by atoms with Gasteiger partial charge in [0.05, 0.1) is 33.5 Å². The highest BCUT2D eigenvalue weighted by atomic mass is 16.3. The van der Waals surface area contributed by atoms with Gasteiger partial charge < -0.3 is 18.0 Å². The van der Waals surface area contributed by atoms with Crippen LogP contribution in [0.25, 0.3) is 212 Å². The van der Waals surface area contributed by atoms with Crippen LogP contribution in [-0.4, -0.2) is 49.0 Å². The molecule has 0 atom stereocenters. The highest BCUT2D eigenvalue weighted by Crippen LogP contribution is 2.46. The number of para-hydroxylation sites is 5. The van der Waals surface area contributed by atoms with Crippen molar-refractivity contribution in [2.45, 2.75) is 0 Å². The molecule has 0 amide bonds. The lowest BCUT2D eigenvalue weighted by molar-refractivity contribution is 0.669. The van der Waals surface area contributed by atoms with Crippen LogP contribution in [0.15, 0.2) is 385 Å². The van der Waals surface area contributed by atoms with Crippen molar-refractivity contribution in [2.75, 3.05) is 0 Å². The summed E-state index contributed by atoms with van der Waals surface area (Å²) in [4.78, 5) is 40.8. The van der Waals surface area contributed by atoms with Gasteiger partial charge in [-0.3, -0.25) is 9.97 Å². The summed E-state index contributed by atoms with van der Waals surface area (Å²) in [6, 6.07) is 125. The predicted octanol–water partition coefficient (Wildman–Crippen LogP) is 25.2. The van der Waals surface area contributed by atoms with E-state index in [2.05, 4.69) is 215 Å². The normalized spacial score (nSPS) is 11.6. The lowest BCUT2D eigenvalue weighted by atomic mass is 9.98. The van der Waals surface area contributed by atoms with Crippen molar-refractivity contribution in [2.24, 2.45) is 0 Å². The average Bonchev–Trinajstić information content (AvgIpc) is 1.56. The van der Waals surface area contributed by atoms with Crippen molar-refractivity contribution >= 4 is 87.5 Å². The zero-order valence-corrected chi connectivity index (χ0v) is 60.1. The van der Waals surface area contributed by atoms with Gasteiger partial charge in [-0.25, -0.2) is 29.9 Å². The van der Waals surface area contributed by atoms with E-state index in [0.29, 0.717) is 34.9 Å². The largest absolute Gasteiger partial charge is 0.456 e. The van der Waals surface area contributed by atoms with Gasteiger partial charge in [0.25, 0.3) is 0 Å². The van der Waals surface area contributed by atoms with E-state index in [-0.39, 0.29) is 0 Å². The van der Waals surface area contributed by atoms with Gasteiger partial charge in [0, 0.05) is 122 Å². The molecule has 12 nitrogen and oxygen atoms in total. The second-order valence-corrected chi connectivity index (χ2v) is 27.8. The highest BCUT2D eigenvalue weighted by molar-refractivity contribution is 6.20. The van der Waals surface area contributed by atoms with Gasteiger partial charge in [-0.2, -0.15) is 0 Å². The first-order valence-electron chi connectivity index (χ1n) is 37.3. The van der Waals surface area contributed by atoms with E-state index in [1.54, 1.807) is 0 Å². The second-order valence-electron chi connectivity index (χ2n) is 27.8. The molecule has 0 spiro atoms. The van der Waals surface area contributed by atoms with Gasteiger partial charge in [-0.05, 0) is 102 Å². The number of pyridine rings is 2. The van der Waals surface area contributed by atoms with E-state index in [1.165, 1.54) is 10.8 Å². The molecule has 8 heterocycles. The number of rotatable bonds is 12. The van der Waals surface area contributed by atoms with Crippen molar-refractivity contribution < 1.29 is 8.83 Å². The lowest BCUT2D eigenvalue weighted by Gasteiger charge is -2.13. The summed E-state index contributed by atoms with van der Waals surface area (Å²) in [5.74, 6) is 3.43. The molecule has 0 saturated heterocycles. The summed E-state index contributed by atoms with van der Waals surface area (Å²) in [5, 5.41) is 8.78. The maximum absolute atomic E-state index is 6.90. The van der Waals surface area contributed by atoms with Crippen molar-refractivity contribution in [3.05, 3.63) is 376 Å². The molecule has 0 unspecified atom stereocenters. The summed E-state index contributed by atoms with van der Waals surface area (Å²) in [6.07, 6.45) is 3.85. The number of aromatic nitrogens is 10. The topological polar surface area (TPSA) is 139 Å². The number of hydrogen-bond donors (Lipinski definition) is 0. The molecule has 0 aliphatic rings. The van der Waals surface area contributed by atoms with Gasteiger partial charge in [0.15, 0.2) is 34.9 Å². The van der Waals surface area contributed by atoms with Crippen LogP contribution < -0.4 is 0 Å². The summed E-state index contributed by atoms with van der Waals surface area (Å²) in [7, 11) is 0. The van der Waals surface area contributed by atoms with Crippen LogP contribution in [0.5, 0.6) is 0 Å². The maximum atomic E-state index is 6.90. The van der Waals surface area contributed by atoms with E-state index < -0.39 is 0 Å². The Morgan fingerprint density at radius 3 is 1.01 bits per heavy atom. The Hall–Kier alpha value is -15.4. The molecule has 12 heteroatoms. The molecule has 0 bridgehead atoms. The number of fused-ring (bicyclic) bond motifs is 12. The first-order valence-corrected chi connectivity index (χ1v) is 37.3. The molecule has 22 rings (SSSR count). The van der Waals surface area contributed by atoms with Gasteiger partial charge >= 0.3 is 0 Å². The molecule has 0 saturated carbocycles. The van der Waals surface area contributed by atoms with E-state index in [1.807, 2.05) is 170 Å². The molecule has 22 aromatic rings. The Morgan fingerprint density at radius 1 is 0.196 bits per heavy atom. The third-order valence-electron chi connectivity index (χ3n) is 21.0. The summed E-state index contributed by atoms with van der Waals surface area (Å²) in [6.45, 7) is 0. The fourth-order valence-corrected chi connectivity index (χ4v) is 15.7. The van der Waals surface area contributed by atoms with Crippen LogP contribution in [0.3, 0.4) is 0 Å². The highest BCUT2D eigenvalue weighted by Gasteiger charge is 2.26. The molecule has 524 valence electrons. The van der Waals surface area contributed by atoms with E-state index in [4.69, 9.17) is 48.7 Å². The zero-order chi connectivity index (χ0) is 74.0. The molecule has 0 N–H and O–H groups in total. The lowest BCUT2D eigenvalue weighted by Crippen LogP contribution is -2.02. The standard InChI is InChI=1S/2C50H31N5O/c1-5-16-32(17-6-1)35-28-42(50-53-48(33-18-7-2-8-19-33)52-49(54-50)34-20-9-3-10-21-34)46(51-31-35)39-26-15-25-38-41-29-44-40(30-45(41)56-47(38)39)37-24-13-14-27-43(37)55(44)36-22-11-4-12-23-36;1-5-15-32(16-6-1)36-27-42(50-53-48(33-17-7-2-8-18-33)52-49(54-50)34-19-9-3-10-20-34)47(51-31-36)35-25-26-39-41-29-44-40(30-46(41)56-45(39)28-35)38-23-13-14-24-43(38)55(44)37-21-11-4-12-22-37/h2*1-31H. The Labute approximate surface area is 642 Å². The van der Waals surface area contributed by atoms with Crippen molar-refractivity contribution in [3.63, 3.8) is 0 Å². The molecule has 0 aliphatic heterocycles. The van der Waals surface area contributed by atoms with Gasteiger partial charge in [0.1, 0.15) is 22.3 Å². The maximum Gasteiger partial charge on any atom is 0.166 e. The zero-order valence-electron chi connectivity index (χ0n) is 60.1. The smallest absolute Gasteiger partial charge is 0.166 e. The molecule has 112 heavy (non-hydrogen) atoms. The van der Waals surface area contributed by atoms with Crippen LogP contribution >= 0.6 is 0 Å². The first kappa shape index (κ1) is 64.9. The van der Waals surface area contributed by atoms with Crippen LogP contribution in [0.1, 0.15) is 0 Å². The van der Waals surface area contributed by atoms with Gasteiger partial charge in [-0.1, -0.05) is 273 Å². The average molecular weight is 1440 g/mol. The van der Waals surface area contributed by atoms with Crippen molar-refractivity contribution in [3.8, 4) is 124 Å². The van der Waals surface area contributed by atoms with E-state index >= 15 is 0 Å². The third kappa shape index (κ3) is 11.6. The van der Waals surface area contributed by atoms with Gasteiger partial charge in [0.2, 0.25) is 0 Å². The Kier molecular flexibility index (Phi) is 15.9. The second kappa shape index (κ2) is 27.4. The minimum absolute atomic E-state index is 0.528. The predicted molar refractivity (Wildman–Crippen MR) is 453 cm³/mol. The third-order valence-corrected chi connectivity index (χ3v) is 21.0. The minimum Gasteiger partial charge on any atom is -0.456 e. The van der Waals surface area contributed by atoms with Crippen LogP contribution in [0.2, 0.25) is 0 Å². The summed E-state index contributed by atoms with van der Waals surface area (Å²) >= 11 is 0. The fraction of sp³-hybridized carbons (Fsp3) is 0. The van der Waals surface area contributed by atoms with Crippen LogP contribution in [0.4, 0.5) is 0 Å². The first-order chi connectivity index (χ1) is 55.5. The Bertz CT molecular complexity index is 7220. The molecule has 14 aromatic carbocycles. The summed E-state index contributed by atoms with van der Waals surface area (Å²) in [5.41, 5.74) is 22.5. The molecular weight excluding hydrogens is 1370 g/mol. The van der Waals surface area contributed by atoms with E-state index in [0.717, 1.165) is 166 Å². The SMILES string of the molecule is c1ccc(-c2cnc(-c3ccc4c(c3)oc3cc5c6ccccc6n(-c6ccccc6)c5cc34)c(-c3nc(-c4ccccc4)nc(-c4ccccc4)n3)c2)cc1.c1ccc(-c2cnc(-c3cccc4c3oc3cc5c6ccccc6n(-c6ccccc6)c5cc34)c(-c3nc(-c4ccccc4)nc(-c4ccccc4)n3)c2)cc1. The fourth-order valence-electron chi connectivity index (χ4n) is 15.7. The van der Waals surface area contributed by atoms with Crippen molar-refractivity contribution in [1.82, 2.24) is 49.0 Å². The molecule has 0 radical (unpaired) electrons. The number of furan rings is 2. The monoisotopic (exact) mass is 1430 g/mol. The minimum atomic E-state index is 0.528. The summed E-state index contributed by atoms with van der Waals surface area (Å²) < 4.78 is 18.3. The number of nitrogens with zero attached hydrogens (tertiary/aromatic N) is 10. The molecule has 8 aromatic heterocycles. The van der Waals surface area contributed by atoms with Gasteiger partial charge in [-0.15, -0.1) is 0 Å².